The van der Waals surface area contributed by atoms with Crippen molar-refractivity contribution in [2.75, 3.05) is 0 Å². The molecule has 6 nitrogen and oxygen atoms in total. The molecule has 1 saturated heterocycles. The molecule has 4 atom stereocenters. The van der Waals surface area contributed by atoms with Gasteiger partial charge in [-0.25, -0.2) is 9.59 Å². The lowest BCUT2D eigenvalue weighted by Crippen LogP contribution is -2.51. The molecule has 2 aromatic rings. The number of esters is 2. The molecule has 3 rings (SSSR count). The van der Waals surface area contributed by atoms with Crippen molar-refractivity contribution in [3.63, 3.8) is 0 Å². The molecule has 0 aliphatic carbocycles. The molecule has 1 fully saturated rings. The minimum atomic E-state index is -1.09. The van der Waals surface area contributed by atoms with E-state index in [1.54, 1.807) is 67.6 Å². The molecule has 0 bridgehead atoms. The summed E-state index contributed by atoms with van der Waals surface area (Å²) in [6, 6.07) is 17.0. The maximum atomic E-state index is 12.4. The third-order valence-electron chi connectivity index (χ3n) is 4.16. The van der Waals surface area contributed by atoms with E-state index in [1.165, 1.54) is 0 Å². The molecule has 6 heteroatoms. The first-order valence-corrected chi connectivity index (χ1v) is 8.40. The van der Waals surface area contributed by atoms with E-state index in [-0.39, 0.29) is 6.42 Å². The molecule has 0 aromatic heterocycles. The molecule has 0 spiro atoms. The van der Waals surface area contributed by atoms with Gasteiger partial charge in [0.05, 0.1) is 17.2 Å². The van der Waals surface area contributed by atoms with Gasteiger partial charge in [0, 0.05) is 6.42 Å². The van der Waals surface area contributed by atoms with E-state index in [0.29, 0.717) is 11.1 Å². The summed E-state index contributed by atoms with van der Waals surface area (Å²) in [6.07, 6.45) is -3.33. The Kier molecular flexibility index (Phi) is 5.65. The molecule has 1 aliphatic rings. The van der Waals surface area contributed by atoms with Gasteiger partial charge in [0.1, 0.15) is 6.10 Å². The SMILES string of the molecule is C[C@@H]1O[C@H](O)C[C@H](OC(=O)c2ccccc2)[C@@H]1OC(=O)c1ccccc1. The normalized spacial score (nSPS) is 25.3. The fourth-order valence-corrected chi connectivity index (χ4v) is 2.85. The quantitative estimate of drug-likeness (QED) is 0.848. The Balaban J connectivity index is 1.74. The van der Waals surface area contributed by atoms with E-state index in [9.17, 15) is 14.7 Å². The van der Waals surface area contributed by atoms with E-state index in [4.69, 9.17) is 14.2 Å². The number of carbonyl (C=O) groups excluding carboxylic acids is 2. The molecule has 2 aromatic carbocycles. The van der Waals surface area contributed by atoms with Gasteiger partial charge in [-0.05, 0) is 31.2 Å². The first-order valence-electron chi connectivity index (χ1n) is 8.40. The number of rotatable bonds is 4. The van der Waals surface area contributed by atoms with Gasteiger partial charge in [-0.1, -0.05) is 36.4 Å². The van der Waals surface area contributed by atoms with E-state index >= 15 is 0 Å². The van der Waals surface area contributed by atoms with Gasteiger partial charge >= 0.3 is 11.9 Å². The third kappa shape index (κ3) is 4.28. The van der Waals surface area contributed by atoms with Gasteiger partial charge in [0.25, 0.3) is 0 Å². The van der Waals surface area contributed by atoms with Crippen LogP contribution in [-0.2, 0) is 14.2 Å². The largest absolute Gasteiger partial charge is 0.455 e. The zero-order chi connectivity index (χ0) is 18.5. The summed E-state index contributed by atoms with van der Waals surface area (Å²) in [6.45, 7) is 1.66. The molecular formula is C20H20O6. The van der Waals surface area contributed by atoms with Gasteiger partial charge in [-0.2, -0.15) is 0 Å². The second-order valence-corrected chi connectivity index (χ2v) is 6.08. The molecular weight excluding hydrogens is 336 g/mol. The highest BCUT2D eigenvalue weighted by Gasteiger charge is 2.41. The highest BCUT2D eigenvalue weighted by atomic mass is 16.7. The fourth-order valence-electron chi connectivity index (χ4n) is 2.85. The van der Waals surface area contributed by atoms with Crippen molar-refractivity contribution in [3.05, 3.63) is 71.8 Å². The summed E-state index contributed by atoms with van der Waals surface area (Å²) in [4.78, 5) is 24.7. The monoisotopic (exact) mass is 356 g/mol. The molecule has 1 aliphatic heterocycles. The standard InChI is InChI=1S/C20H20O6/c1-13-18(26-20(23)15-10-6-3-7-11-15)16(12-17(21)24-13)25-19(22)14-8-4-2-5-9-14/h2-11,13,16-18,21H,12H2,1H3/t13-,16-,17-,18+/m0/s1. The van der Waals surface area contributed by atoms with Gasteiger partial charge in [-0.15, -0.1) is 0 Å². The minimum Gasteiger partial charge on any atom is -0.455 e. The first kappa shape index (κ1) is 18.1. The summed E-state index contributed by atoms with van der Waals surface area (Å²) >= 11 is 0. The average Bonchev–Trinajstić information content (AvgIpc) is 2.65. The number of hydrogen-bond donors (Lipinski definition) is 1. The van der Waals surface area contributed by atoms with Crippen molar-refractivity contribution in [2.24, 2.45) is 0 Å². The summed E-state index contributed by atoms with van der Waals surface area (Å²) < 4.78 is 16.4. The predicted molar refractivity (Wildman–Crippen MR) is 92.5 cm³/mol. The van der Waals surface area contributed by atoms with E-state index in [0.717, 1.165) is 0 Å². The molecule has 0 radical (unpaired) electrons. The summed E-state index contributed by atoms with van der Waals surface area (Å²) in [5, 5.41) is 9.85. The Morgan fingerprint density at radius 1 is 0.923 bits per heavy atom. The van der Waals surface area contributed by atoms with Crippen LogP contribution in [0.3, 0.4) is 0 Å². The number of aliphatic hydroxyl groups is 1. The Morgan fingerprint density at radius 3 is 1.96 bits per heavy atom. The van der Waals surface area contributed by atoms with Gasteiger partial charge in [-0.3, -0.25) is 0 Å². The van der Waals surface area contributed by atoms with Crippen LogP contribution in [0.1, 0.15) is 34.1 Å². The van der Waals surface area contributed by atoms with Gasteiger partial charge in [0.2, 0.25) is 0 Å². The van der Waals surface area contributed by atoms with E-state index in [1.807, 2.05) is 0 Å². The summed E-state index contributed by atoms with van der Waals surface area (Å²) in [5.74, 6) is -1.08. The molecule has 0 amide bonds. The average molecular weight is 356 g/mol. The smallest absolute Gasteiger partial charge is 0.338 e. The Morgan fingerprint density at radius 2 is 1.42 bits per heavy atom. The number of hydrogen-bond acceptors (Lipinski definition) is 6. The Hall–Kier alpha value is -2.70. The van der Waals surface area contributed by atoms with Crippen LogP contribution < -0.4 is 0 Å². The predicted octanol–water partition coefficient (Wildman–Crippen LogP) is 2.56. The Labute approximate surface area is 151 Å². The van der Waals surface area contributed by atoms with Crippen LogP contribution in [0, 0.1) is 0 Å². The topological polar surface area (TPSA) is 82.1 Å². The van der Waals surface area contributed by atoms with Gasteiger partial charge in [0.15, 0.2) is 12.4 Å². The maximum Gasteiger partial charge on any atom is 0.338 e. The molecule has 0 saturated carbocycles. The number of carbonyl (C=O) groups is 2. The molecule has 0 unspecified atom stereocenters. The highest BCUT2D eigenvalue weighted by molar-refractivity contribution is 5.90. The Bertz CT molecular complexity index is 745. The van der Waals surface area contributed by atoms with Crippen LogP contribution in [0.4, 0.5) is 0 Å². The highest BCUT2D eigenvalue weighted by Crippen LogP contribution is 2.26. The van der Waals surface area contributed by atoms with Crippen LogP contribution in [0.25, 0.3) is 0 Å². The zero-order valence-corrected chi connectivity index (χ0v) is 14.3. The number of ether oxygens (including phenoxy) is 3. The molecule has 1 N–H and O–H groups in total. The van der Waals surface area contributed by atoms with Crippen molar-refractivity contribution in [3.8, 4) is 0 Å². The first-order chi connectivity index (χ1) is 12.5. The van der Waals surface area contributed by atoms with Crippen LogP contribution in [-0.4, -0.2) is 41.6 Å². The van der Waals surface area contributed by atoms with Crippen LogP contribution in [0.15, 0.2) is 60.7 Å². The van der Waals surface area contributed by atoms with Crippen LogP contribution in [0.5, 0.6) is 0 Å². The molecule has 136 valence electrons. The van der Waals surface area contributed by atoms with Crippen LogP contribution >= 0.6 is 0 Å². The second kappa shape index (κ2) is 8.12. The van der Waals surface area contributed by atoms with Crippen molar-refractivity contribution < 1.29 is 28.9 Å². The minimum absolute atomic E-state index is 0.0235. The van der Waals surface area contributed by atoms with Crippen molar-refractivity contribution >= 4 is 11.9 Å². The number of aliphatic hydroxyl groups excluding tert-OH is 1. The molecule has 26 heavy (non-hydrogen) atoms. The molecule has 1 heterocycles. The van der Waals surface area contributed by atoms with E-state index in [2.05, 4.69) is 0 Å². The lowest BCUT2D eigenvalue weighted by molar-refractivity contribution is -0.226. The summed E-state index contributed by atoms with van der Waals surface area (Å²) in [7, 11) is 0. The van der Waals surface area contributed by atoms with Crippen LogP contribution in [0.2, 0.25) is 0 Å². The van der Waals surface area contributed by atoms with Gasteiger partial charge < -0.3 is 19.3 Å². The zero-order valence-electron chi connectivity index (χ0n) is 14.3. The maximum absolute atomic E-state index is 12.4. The third-order valence-corrected chi connectivity index (χ3v) is 4.16. The second-order valence-electron chi connectivity index (χ2n) is 6.08. The summed E-state index contributed by atoms with van der Waals surface area (Å²) in [5.41, 5.74) is 0.772. The lowest BCUT2D eigenvalue weighted by Gasteiger charge is -2.37. The number of benzene rings is 2. The lowest BCUT2D eigenvalue weighted by atomic mass is 10.0. The van der Waals surface area contributed by atoms with Crippen molar-refractivity contribution in [2.45, 2.75) is 37.9 Å². The van der Waals surface area contributed by atoms with Crippen molar-refractivity contribution in [1.82, 2.24) is 0 Å². The fraction of sp³-hybridized carbons (Fsp3) is 0.300. The van der Waals surface area contributed by atoms with Crippen molar-refractivity contribution in [1.29, 1.82) is 0 Å². The van der Waals surface area contributed by atoms with E-state index < -0.39 is 36.5 Å².